The Morgan fingerprint density at radius 1 is 0.974 bits per heavy atom. The number of halogens is 2. The first-order chi connectivity index (χ1) is 18.8. The van der Waals surface area contributed by atoms with Crippen LogP contribution in [0.5, 0.6) is 0 Å². The molecule has 0 saturated carbocycles. The Morgan fingerprint density at radius 3 is 2.23 bits per heavy atom. The summed E-state index contributed by atoms with van der Waals surface area (Å²) < 4.78 is 9.61. The van der Waals surface area contributed by atoms with Gasteiger partial charge >= 0.3 is 0 Å². The van der Waals surface area contributed by atoms with Gasteiger partial charge in [0, 0.05) is 62.9 Å². The summed E-state index contributed by atoms with van der Waals surface area (Å²) in [6.07, 6.45) is 9.17. The van der Waals surface area contributed by atoms with Crippen molar-refractivity contribution in [1.29, 1.82) is 0 Å². The predicted molar refractivity (Wildman–Crippen MR) is 171 cm³/mol. The van der Waals surface area contributed by atoms with Gasteiger partial charge in [0.05, 0.1) is 12.0 Å². The van der Waals surface area contributed by atoms with E-state index in [1.807, 2.05) is 60.2 Å². The van der Waals surface area contributed by atoms with Crippen LogP contribution in [0, 0.1) is 20.0 Å². The van der Waals surface area contributed by atoms with Gasteiger partial charge in [0.2, 0.25) is 0 Å². The number of ether oxygens (including phenoxy) is 1. The fourth-order valence-corrected chi connectivity index (χ4v) is 4.90. The molecule has 1 aliphatic heterocycles. The van der Waals surface area contributed by atoms with E-state index in [0.29, 0.717) is 23.0 Å². The number of ketones is 1. The number of carbonyl (C=O) groups is 1. The van der Waals surface area contributed by atoms with Gasteiger partial charge < -0.3 is 15.0 Å². The van der Waals surface area contributed by atoms with Crippen LogP contribution >= 0.6 is 45.2 Å². The zero-order valence-electron chi connectivity index (χ0n) is 21.6. The Kier molecular flexibility index (Phi) is 10.6. The maximum Gasteiger partial charge on any atom is 0.200 e. The van der Waals surface area contributed by atoms with Gasteiger partial charge in [-0.05, 0) is 101 Å². The van der Waals surface area contributed by atoms with Crippen LogP contribution in [0.1, 0.15) is 34.5 Å². The molecule has 1 saturated heterocycles. The lowest BCUT2D eigenvalue weighted by Gasteiger charge is -2.23. The molecule has 7 nitrogen and oxygen atoms in total. The quantitative estimate of drug-likeness (QED) is 0.194. The summed E-state index contributed by atoms with van der Waals surface area (Å²) in [5, 5.41) is 0. The third-order valence-electron chi connectivity index (χ3n) is 6.43. The predicted octanol–water partition coefficient (Wildman–Crippen LogP) is 5.94. The number of rotatable bonds is 6. The van der Waals surface area contributed by atoms with E-state index >= 15 is 0 Å². The number of nitrogens with zero attached hydrogens (tertiary/aromatic N) is 3. The van der Waals surface area contributed by atoms with Gasteiger partial charge in [0.25, 0.3) is 0 Å². The van der Waals surface area contributed by atoms with Crippen LogP contribution in [-0.4, -0.2) is 33.5 Å². The summed E-state index contributed by atoms with van der Waals surface area (Å²) in [6, 6.07) is 15.3. The largest absolute Gasteiger partial charge is 0.384 e. The van der Waals surface area contributed by atoms with E-state index < -0.39 is 0 Å². The van der Waals surface area contributed by atoms with Gasteiger partial charge in [-0.15, -0.1) is 0 Å². The van der Waals surface area contributed by atoms with Gasteiger partial charge in [-0.2, -0.15) is 0 Å². The Morgan fingerprint density at radius 2 is 1.64 bits per heavy atom. The van der Waals surface area contributed by atoms with Crippen LogP contribution < -0.4 is 11.2 Å². The topological polar surface area (TPSA) is 100 Å². The number of hydrogen-bond acceptors (Lipinski definition) is 6. The first-order valence-electron chi connectivity index (χ1n) is 12.7. The van der Waals surface area contributed by atoms with Crippen LogP contribution in [0.2, 0.25) is 0 Å². The van der Waals surface area contributed by atoms with Gasteiger partial charge in [-0.1, -0.05) is 29.8 Å². The molecule has 0 spiro atoms. The van der Waals surface area contributed by atoms with Gasteiger partial charge in [-0.3, -0.25) is 14.6 Å². The van der Waals surface area contributed by atoms with Crippen LogP contribution in [0.25, 0.3) is 11.1 Å². The van der Waals surface area contributed by atoms with Gasteiger partial charge in [0.1, 0.15) is 5.82 Å². The third-order valence-corrected chi connectivity index (χ3v) is 7.71. The number of pyridine rings is 3. The molecule has 0 atom stereocenters. The Bertz CT molecular complexity index is 1430. The van der Waals surface area contributed by atoms with Crippen molar-refractivity contribution in [2.75, 3.05) is 18.9 Å². The molecular weight excluding hydrogens is 718 g/mol. The summed E-state index contributed by atoms with van der Waals surface area (Å²) in [6.45, 7) is 4.31. The summed E-state index contributed by atoms with van der Waals surface area (Å²) in [5.74, 6) is 0.849. The Balaban J connectivity index is 0.000000379. The normalized spacial score (nSPS) is 13.4. The molecule has 1 aromatic carbocycles. The minimum atomic E-state index is -0.220. The number of hydrogen-bond donors (Lipinski definition) is 1. The van der Waals surface area contributed by atoms with Crippen molar-refractivity contribution in [1.82, 2.24) is 14.5 Å². The van der Waals surface area contributed by atoms with Crippen LogP contribution in [0.3, 0.4) is 0 Å². The lowest BCUT2D eigenvalue weighted by atomic mass is 9.98. The second-order valence-corrected chi connectivity index (χ2v) is 12.0. The monoisotopic (exact) mass is 748 g/mol. The first-order valence-corrected chi connectivity index (χ1v) is 14.8. The van der Waals surface area contributed by atoms with Gasteiger partial charge in [-0.25, -0.2) is 4.98 Å². The molecule has 5 rings (SSSR count). The summed E-state index contributed by atoms with van der Waals surface area (Å²) >= 11 is 4.36. The van der Waals surface area contributed by atoms with Crippen molar-refractivity contribution in [3.8, 4) is 11.1 Å². The fourth-order valence-electron chi connectivity index (χ4n) is 4.26. The van der Waals surface area contributed by atoms with E-state index in [-0.39, 0.29) is 23.2 Å². The third kappa shape index (κ3) is 8.67. The van der Waals surface area contributed by atoms with E-state index in [9.17, 15) is 9.59 Å². The molecule has 39 heavy (non-hydrogen) atoms. The average molecular weight is 748 g/mol. The molecule has 3 aromatic heterocycles. The second-order valence-electron chi connectivity index (χ2n) is 9.50. The van der Waals surface area contributed by atoms with E-state index in [1.54, 1.807) is 24.7 Å². The number of nitrogen functional groups attached to an aromatic ring is 1. The lowest BCUT2D eigenvalue weighted by molar-refractivity contribution is 0.0612. The molecule has 0 unspecified atom stereocenters. The number of aryl methyl sites for hydroxylation is 1. The molecule has 0 amide bonds. The summed E-state index contributed by atoms with van der Waals surface area (Å²) in [7, 11) is 0. The van der Waals surface area contributed by atoms with Crippen molar-refractivity contribution < 1.29 is 9.53 Å². The molecule has 9 heteroatoms. The number of nitrogens with two attached hydrogens (primary N) is 1. The summed E-state index contributed by atoms with van der Waals surface area (Å²) in [5.41, 5.74) is 8.51. The second kappa shape index (κ2) is 14.1. The first kappa shape index (κ1) is 29.3. The van der Waals surface area contributed by atoms with Crippen molar-refractivity contribution in [3.05, 3.63) is 108 Å². The highest BCUT2D eigenvalue weighted by atomic mass is 127. The van der Waals surface area contributed by atoms with Crippen molar-refractivity contribution in [2.45, 2.75) is 32.7 Å². The molecule has 2 N–H and O–H groups in total. The highest BCUT2D eigenvalue weighted by Crippen LogP contribution is 2.21. The number of aromatic nitrogens is 3. The summed E-state index contributed by atoms with van der Waals surface area (Å²) in [4.78, 5) is 34.6. The Labute approximate surface area is 255 Å². The minimum Gasteiger partial charge on any atom is -0.384 e. The maximum absolute atomic E-state index is 13.3. The SMILES string of the molecule is Cc1ccc(-c2cn(CC3CCOCC3)cc(C(=O)Cc3ccc(I)cn3)c2=O)cc1.Nc1ccc(I)cn1. The number of carbonyl (C=O) groups excluding carboxylic acids is 1. The molecule has 0 radical (unpaired) electrons. The molecule has 0 bridgehead atoms. The van der Waals surface area contributed by atoms with E-state index in [0.717, 1.165) is 50.9 Å². The fraction of sp³-hybridized carbons (Fsp3) is 0.267. The van der Waals surface area contributed by atoms with Gasteiger partial charge in [0.15, 0.2) is 11.2 Å². The van der Waals surface area contributed by atoms with Crippen molar-refractivity contribution >= 4 is 56.8 Å². The zero-order valence-corrected chi connectivity index (χ0v) is 26.0. The highest BCUT2D eigenvalue weighted by molar-refractivity contribution is 14.1. The average Bonchev–Trinajstić information content (AvgIpc) is 2.94. The highest BCUT2D eigenvalue weighted by Gasteiger charge is 2.19. The molecule has 4 aromatic rings. The minimum absolute atomic E-state index is 0.112. The molecule has 0 aliphatic carbocycles. The molecule has 202 valence electrons. The molecular formula is C30H30I2N4O3. The maximum atomic E-state index is 13.3. The van der Waals surface area contributed by atoms with Crippen LogP contribution in [0.4, 0.5) is 5.82 Å². The van der Waals surface area contributed by atoms with Crippen molar-refractivity contribution in [3.63, 3.8) is 0 Å². The van der Waals surface area contributed by atoms with E-state index in [1.165, 1.54) is 0 Å². The van der Waals surface area contributed by atoms with Crippen molar-refractivity contribution in [2.24, 2.45) is 5.92 Å². The molecule has 1 fully saturated rings. The lowest BCUT2D eigenvalue weighted by Crippen LogP contribution is -2.25. The Hall–Kier alpha value is -2.64. The van der Waals surface area contributed by atoms with Crippen LogP contribution in [0.15, 0.2) is 78.1 Å². The number of Topliss-reactive ketones (excluding diaryl/α,β-unsaturated/α-hetero) is 1. The number of anilines is 1. The van der Waals surface area contributed by atoms with E-state index in [4.69, 9.17) is 10.5 Å². The standard InChI is InChI=1S/C25H25IN2O3.C5H5IN2/c1-17-2-4-19(5-3-17)22-15-28(14-18-8-10-31-11-9-18)16-23(25(22)30)24(29)12-21-7-6-20(26)13-27-21;6-4-1-2-5(7)8-3-4/h2-7,13,15-16,18H,8-12,14H2,1H3;1-3H,(H2,7,8). The van der Waals surface area contributed by atoms with Crippen LogP contribution in [-0.2, 0) is 17.7 Å². The van der Waals surface area contributed by atoms with E-state index in [2.05, 4.69) is 55.1 Å². The number of benzene rings is 1. The molecule has 4 heterocycles. The molecule has 1 aliphatic rings. The zero-order chi connectivity index (χ0) is 27.8. The smallest absolute Gasteiger partial charge is 0.200 e.